The number of amides is 1. The summed E-state index contributed by atoms with van der Waals surface area (Å²) in [6, 6.07) is 0.0641. The molecule has 17 heavy (non-hydrogen) atoms. The van der Waals surface area contributed by atoms with Gasteiger partial charge in [-0.1, -0.05) is 22.9 Å². The lowest BCUT2D eigenvalue weighted by Gasteiger charge is -2.29. The number of rotatable bonds is 0. The van der Waals surface area contributed by atoms with Crippen LogP contribution >= 0.6 is 15.9 Å². The van der Waals surface area contributed by atoms with Gasteiger partial charge in [0.05, 0.1) is 6.04 Å². The van der Waals surface area contributed by atoms with Crippen molar-refractivity contribution in [2.45, 2.75) is 25.8 Å². The first-order valence-corrected chi connectivity index (χ1v) is 6.94. The smallest absolute Gasteiger partial charge is 0.242 e. The number of carbonyl (C=O) groups excluding carboxylic acids is 1. The molecule has 2 fully saturated rings. The summed E-state index contributed by atoms with van der Waals surface area (Å²) >= 11 is 3.55. The summed E-state index contributed by atoms with van der Waals surface area (Å²) in [6.45, 7) is 4.16. The van der Waals surface area contributed by atoms with Crippen LogP contribution in [0.5, 0.6) is 0 Å². The van der Waals surface area contributed by atoms with Crippen LogP contribution in [0.4, 0.5) is 0 Å². The van der Waals surface area contributed by atoms with Gasteiger partial charge in [-0.15, -0.1) is 0 Å². The van der Waals surface area contributed by atoms with Crippen LogP contribution in [0.2, 0.25) is 0 Å². The fourth-order valence-electron chi connectivity index (χ4n) is 2.95. The van der Waals surface area contributed by atoms with Crippen molar-refractivity contribution in [3.8, 4) is 0 Å². The average Bonchev–Trinajstić information content (AvgIpc) is 2.72. The van der Waals surface area contributed by atoms with Gasteiger partial charge in [0.25, 0.3) is 0 Å². The second kappa shape index (κ2) is 4.21. The Morgan fingerprint density at radius 3 is 3.24 bits per heavy atom. The molecule has 1 N–H and O–H groups in total. The van der Waals surface area contributed by atoms with E-state index in [0.717, 1.165) is 36.2 Å². The maximum absolute atomic E-state index is 12.1. The first kappa shape index (κ1) is 11.4. The van der Waals surface area contributed by atoms with Crippen molar-refractivity contribution >= 4 is 27.7 Å². The van der Waals surface area contributed by atoms with E-state index < -0.39 is 0 Å². The number of aliphatic imine (C=N–C) groups is 1. The second-order valence-corrected chi connectivity index (χ2v) is 5.98. The predicted octanol–water partition coefficient (Wildman–Crippen LogP) is 1.48. The van der Waals surface area contributed by atoms with E-state index in [0.29, 0.717) is 11.8 Å². The van der Waals surface area contributed by atoms with E-state index in [1.807, 2.05) is 6.20 Å². The minimum Gasteiger partial charge on any atom is -0.313 e. The maximum Gasteiger partial charge on any atom is 0.242 e. The summed E-state index contributed by atoms with van der Waals surface area (Å²) < 4.78 is 1.12. The summed E-state index contributed by atoms with van der Waals surface area (Å²) in [5, 5.41) is 3.01. The highest BCUT2D eigenvalue weighted by molar-refractivity contribution is 9.11. The highest BCUT2D eigenvalue weighted by Crippen LogP contribution is 2.33. The number of nitrogens with zero attached hydrogens (tertiary/aromatic N) is 2. The van der Waals surface area contributed by atoms with E-state index in [9.17, 15) is 4.79 Å². The number of nitrogens with one attached hydrogen (secondary N) is 1. The monoisotopic (exact) mass is 297 g/mol. The second-order valence-electron chi connectivity index (χ2n) is 5.07. The Bertz CT molecular complexity index is 418. The molecule has 0 aliphatic carbocycles. The van der Waals surface area contributed by atoms with Crippen molar-refractivity contribution in [3.05, 3.63) is 10.7 Å². The topological polar surface area (TPSA) is 44.7 Å². The molecule has 3 rings (SSSR count). The van der Waals surface area contributed by atoms with Gasteiger partial charge in [-0.25, -0.2) is 4.99 Å². The molecule has 0 aromatic carbocycles. The molecule has 0 bridgehead atoms. The van der Waals surface area contributed by atoms with Gasteiger partial charge in [-0.2, -0.15) is 0 Å². The third kappa shape index (κ3) is 1.85. The number of hydrogen-bond donors (Lipinski definition) is 1. The van der Waals surface area contributed by atoms with E-state index in [1.165, 1.54) is 0 Å². The zero-order valence-corrected chi connectivity index (χ0v) is 11.4. The van der Waals surface area contributed by atoms with Crippen molar-refractivity contribution in [2.24, 2.45) is 16.8 Å². The number of allylic oxidation sites excluding steroid dienone is 1. The van der Waals surface area contributed by atoms with Gasteiger partial charge in [-0.05, 0) is 19.4 Å². The fourth-order valence-corrected chi connectivity index (χ4v) is 3.37. The first-order chi connectivity index (χ1) is 8.16. The Morgan fingerprint density at radius 1 is 1.59 bits per heavy atom. The number of carbonyl (C=O) groups is 1. The van der Waals surface area contributed by atoms with Crippen LogP contribution in [0.25, 0.3) is 0 Å². The van der Waals surface area contributed by atoms with Crippen LogP contribution in [-0.2, 0) is 4.79 Å². The molecule has 0 spiro atoms. The summed E-state index contributed by atoms with van der Waals surface area (Å²) in [6.07, 6.45) is 3.92. The van der Waals surface area contributed by atoms with Crippen molar-refractivity contribution in [1.82, 2.24) is 10.2 Å². The third-order valence-electron chi connectivity index (χ3n) is 4.07. The highest BCUT2D eigenvalue weighted by atomic mass is 79.9. The van der Waals surface area contributed by atoms with E-state index in [-0.39, 0.29) is 11.9 Å². The van der Waals surface area contributed by atoms with Crippen LogP contribution < -0.4 is 5.32 Å². The van der Waals surface area contributed by atoms with Crippen molar-refractivity contribution < 1.29 is 4.79 Å². The van der Waals surface area contributed by atoms with Crippen LogP contribution in [0.1, 0.15) is 19.8 Å². The molecule has 1 amide bonds. The first-order valence-electron chi connectivity index (χ1n) is 6.15. The molecule has 5 heteroatoms. The van der Waals surface area contributed by atoms with E-state index in [1.54, 1.807) is 0 Å². The van der Waals surface area contributed by atoms with E-state index in [2.05, 4.69) is 38.1 Å². The van der Waals surface area contributed by atoms with Crippen molar-refractivity contribution in [3.63, 3.8) is 0 Å². The summed E-state index contributed by atoms with van der Waals surface area (Å²) in [7, 11) is 0. The molecular weight excluding hydrogens is 282 g/mol. The molecule has 0 aromatic rings. The molecule has 0 radical (unpaired) electrons. The zero-order chi connectivity index (χ0) is 12.0. The standard InChI is InChI=1S/C12H16BrN3O/c1-7-8-6-16-4-2-3-10(16)12(17)15-11(8)14-5-9(7)13/h5,7-8,10H,2-4,6H2,1H3,(H,14,15,17)/t7?,8?,10-/m1/s1. The molecule has 3 heterocycles. The molecule has 2 unspecified atom stereocenters. The van der Waals surface area contributed by atoms with Gasteiger partial charge in [0, 0.05) is 29.1 Å². The lowest BCUT2D eigenvalue weighted by atomic mass is 9.90. The molecule has 2 saturated heterocycles. The molecule has 0 aromatic heterocycles. The van der Waals surface area contributed by atoms with Crippen LogP contribution in [0.15, 0.2) is 15.7 Å². The Kier molecular flexibility index (Phi) is 2.83. The lowest BCUT2D eigenvalue weighted by molar-refractivity contribution is -0.123. The predicted molar refractivity (Wildman–Crippen MR) is 69.8 cm³/mol. The Hall–Kier alpha value is -0.680. The number of amidine groups is 1. The summed E-state index contributed by atoms with van der Waals surface area (Å²) in [4.78, 5) is 18.8. The average molecular weight is 298 g/mol. The van der Waals surface area contributed by atoms with Crippen LogP contribution in [0.3, 0.4) is 0 Å². The SMILES string of the molecule is CC1C(Br)=CN=C2NC(=O)[C@H]3CCCN3CC21. The van der Waals surface area contributed by atoms with Crippen LogP contribution in [0, 0.1) is 11.8 Å². The Labute approximate surface area is 109 Å². The van der Waals surface area contributed by atoms with E-state index >= 15 is 0 Å². The number of halogens is 1. The van der Waals surface area contributed by atoms with E-state index in [4.69, 9.17) is 0 Å². The molecule has 4 nitrogen and oxygen atoms in total. The zero-order valence-electron chi connectivity index (χ0n) is 9.82. The van der Waals surface area contributed by atoms with Gasteiger partial charge < -0.3 is 5.32 Å². The molecule has 3 aliphatic rings. The van der Waals surface area contributed by atoms with Gasteiger partial charge in [0.2, 0.25) is 5.91 Å². The normalized spacial score (nSPS) is 37.5. The molecular formula is C12H16BrN3O. The van der Waals surface area contributed by atoms with Gasteiger partial charge in [-0.3, -0.25) is 9.69 Å². The lowest BCUT2D eigenvalue weighted by Crippen LogP contribution is -2.41. The minimum absolute atomic E-state index is 0.0641. The van der Waals surface area contributed by atoms with Gasteiger partial charge >= 0.3 is 0 Å². The summed E-state index contributed by atoms with van der Waals surface area (Å²) in [5.74, 6) is 1.67. The Morgan fingerprint density at radius 2 is 2.41 bits per heavy atom. The van der Waals surface area contributed by atoms with Gasteiger partial charge in [0.15, 0.2) is 0 Å². The third-order valence-corrected chi connectivity index (χ3v) is 4.99. The van der Waals surface area contributed by atoms with Gasteiger partial charge in [0.1, 0.15) is 5.84 Å². The maximum atomic E-state index is 12.1. The number of hydrogen-bond acceptors (Lipinski definition) is 3. The molecule has 0 saturated carbocycles. The van der Waals surface area contributed by atoms with Crippen molar-refractivity contribution in [2.75, 3.05) is 13.1 Å². The molecule has 3 aliphatic heterocycles. The van der Waals surface area contributed by atoms with Crippen LogP contribution in [-0.4, -0.2) is 35.8 Å². The highest BCUT2D eigenvalue weighted by Gasteiger charge is 2.40. The molecule has 92 valence electrons. The Balaban J connectivity index is 1.92. The molecule has 3 atom stereocenters. The van der Waals surface area contributed by atoms with Crippen molar-refractivity contribution in [1.29, 1.82) is 0 Å². The summed E-state index contributed by atoms with van der Waals surface area (Å²) in [5.41, 5.74) is 0. The fraction of sp³-hybridized carbons (Fsp3) is 0.667. The minimum atomic E-state index is 0.0641. The number of fused-ring (bicyclic) bond motifs is 2. The largest absolute Gasteiger partial charge is 0.313 e. The quantitative estimate of drug-likeness (QED) is 0.736.